The van der Waals surface area contributed by atoms with Crippen LogP contribution in [0.5, 0.6) is 0 Å². The van der Waals surface area contributed by atoms with Crippen LogP contribution in [-0.4, -0.2) is 34.6 Å². The molecule has 0 saturated heterocycles. The third-order valence-corrected chi connectivity index (χ3v) is 2.51. The number of hydrogen-bond donors (Lipinski definition) is 1. The van der Waals surface area contributed by atoms with Gasteiger partial charge in [-0.15, -0.1) is 0 Å². The maximum atomic E-state index is 11.8. The van der Waals surface area contributed by atoms with Gasteiger partial charge in [0.2, 0.25) is 0 Å². The number of halogens is 3. The van der Waals surface area contributed by atoms with Gasteiger partial charge in [0.1, 0.15) is 12.4 Å². The Kier molecular flexibility index (Phi) is 4.01. The average molecular weight is 306 g/mol. The Morgan fingerprint density at radius 1 is 1.47 bits per heavy atom. The van der Waals surface area contributed by atoms with E-state index in [1.165, 1.54) is 0 Å². The molecule has 92 valence electrons. The van der Waals surface area contributed by atoms with E-state index in [9.17, 15) is 8.78 Å². The molecule has 2 aromatic heterocycles. The van der Waals surface area contributed by atoms with Crippen LogP contribution in [0.1, 0.15) is 5.82 Å². The summed E-state index contributed by atoms with van der Waals surface area (Å²) < 4.78 is 29.3. The minimum atomic E-state index is -2.43. The standard InChI is InChI=1S/C10H10BrF2N3O/c11-6-3-7-10(14-4-6)16-9(15-7)1-2-17-5-8(12)13/h3-4,8H,1-2,5H2,(H,14,15,16). The molecule has 0 fully saturated rings. The third kappa shape index (κ3) is 3.44. The van der Waals surface area contributed by atoms with Crippen molar-refractivity contribution in [3.05, 3.63) is 22.6 Å². The summed E-state index contributed by atoms with van der Waals surface area (Å²) >= 11 is 3.30. The van der Waals surface area contributed by atoms with E-state index in [1.807, 2.05) is 6.07 Å². The van der Waals surface area contributed by atoms with Gasteiger partial charge in [0.25, 0.3) is 6.43 Å². The number of nitrogens with one attached hydrogen (secondary N) is 1. The van der Waals surface area contributed by atoms with E-state index < -0.39 is 13.0 Å². The van der Waals surface area contributed by atoms with Crippen molar-refractivity contribution >= 4 is 27.1 Å². The van der Waals surface area contributed by atoms with Crippen LogP contribution in [0.2, 0.25) is 0 Å². The lowest BCUT2D eigenvalue weighted by atomic mass is 10.4. The van der Waals surface area contributed by atoms with E-state index in [1.54, 1.807) is 6.20 Å². The minimum Gasteiger partial charge on any atom is -0.375 e. The molecule has 0 aliphatic carbocycles. The van der Waals surface area contributed by atoms with Crippen molar-refractivity contribution in [2.24, 2.45) is 0 Å². The van der Waals surface area contributed by atoms with Gasteiger partial charge in [-0.2, -0.15) is 0 Å². The van der Waals surface area contributed by atoms with Gasteiger partial charge in [-0.3, -0.25) is 0 Å². The van der Waals surface area contributed by atoms with Crippen molar-refractivity contribution in [1.82, 2.24) is 15.0 Å². The predicted molar refractivity (Wildman–Crippen MR) is 62.1 cm³/mol. The summed E-state index contributed by atoms with van der Waals surface area (Å²) in [5, 5.41) is 0. The molecule has 0 aliphatic rings. The highest BCUT2D eigenvalue weighted by molar-refractivity contribution is 9.10. The van der Waals surface area contributed by atoms with E-state index in [-0.39, 0.29) is 6.61 Å². The highest BCUT2D eigenvalue weighted by Crippen LogP contribution is 2.15. The molecule has 1 N–H and O–H groups in total. The van der Waals surface area contributed by atoms with Gasteiger partial charge in [0, 0.05) is 17.1 Å². The molecule has 0 saturated carbocycles. The lowest BCUT2D eigenvalue weighted by Crippen LogP contribution is -2.07. The van der Waals surface area contributed by atoms with Gasteiger partial charge in [0.05, 0.1) is 12.1 Å². The molecular weight excluding hydrogens is 296 g/mol. The first-order chi connectivity index (χ1) is 8.15. The molecule has 0 radical (unpaired) electrons. The fourth-order valence-electron chi connectivity index (χ4n) is 1.38. The maximum Gasteiger partial charge on any atom is 0.261 e. The smallest absolute Gasteiger partial charge is 0.261 e. The number of imidazole rings is 1. The van der Waals surface area contributed by atoms with Gasteiger partial charge >= 0.3 is 0 Å². The molecule has 0 amide bonds. The zero-order valence-corrected chi connectivity index (χ0v) is 10.4. The van der Waals surface area contributed by atoms with E-state index >= 15 is 0 Å². The molecule has 2 aromatic rings. The van der Waals surface area contributed by atoms with E-state index in [0.29, 0.717) is 17.9 Å². The van der Waals surface area contributed by atoms with Gasteiger partial charge < -0.3 is 9.72 Å². The molecule has 0 unspecified atom stereocenters. The second-order valence-corrected chi connectivity index (χ2v) is 4.34. The first kappa shape index (κ1) is 12.4. The quantitative estimate of drug-likeness (QED) is 0.864. The van der Waals surface area contributed by atoms with Gasteiger partial charge in [-0.1, -0.05) is 0 Å². The molecular formula is C10H10BrF2N3O. The minimum absolute atomic E-state index is 0.214. The van der Waals surface area contributed by atoms with Crippen LogP contribution in [0.25, 0.3) is 11.2 Å². The Labute approximate surface area is 105 Å². The van der Waals surface area contributed by atoms with Crippen molar-refractivity contribution in [3.63, 3.8) is 0 Å². The third-order valence-electron chi connectivity index (χ3n) is 2.08. The summed E-state index contributed by atoms with van der Waals surface area (Å²) in [6.07, 6.45) is -0.315. The second kappa shape index (κ2) is 5.50. The largest absolute Gasteiger partial charge is 0.375 e. The zero-order chi connectivity index (χ0) is 12.3. The van der Waals surface area contributed by atoms with E-state index in [0.717, 1.165) is 9.99 Å². The average Bonchev–Trinajstić information content (AvgIpc) is 2.66. The van der Waals surface area contributed by atoms with Crippen molar-refractivity contribution < 1.29 is 13.5 Å². The molecule has 17 heavy (non-hydrogen) atoms. The molecule has 7 heteroatoms. The maximum absolute atomic E-state index is 11.8. The summed E-state index contributed by atoms with van der Waals surface area (Å²) in [5.41, 5.74) is 1.42. The molecule has 0 atom stereocenters. The topological polar surface area (TPSA) is 50.8 Å². The number of ether oxygens (including phenoxy) is 1. The molecule has 2 rings (SSSR count). The van der Waals surface area contributed by atoms with Crippen molar-refractivity contribution in [1.29, 1.82) is 0 Å². The summed E-state index contributed by atoms with van der Waals surface area (Å²) in [7, 11) is 0. The van der Waals surface area contributed by atoms with E-state index in [2.05, 4.69) is 30.9 Å². The van der Waals surface area contributed by atoms with E-state index in [4.69, 9.17) is 4.74 Å². The first-order valence-corrected chi connectivity index (χ1v) is 5.80. The predicted octanol–water partition coefficient (Wildman–Crippen LogP) is 2.54. The number of alkyl halides is 2. The van der Waals surface area contributed by atoms with Gasteiger partial charge in [-0.05, 0) is 22.0 Å². The molecule has 0 aromatic carbocycles. The second-order valence-electron chi connectivity index (χ2n) is 3.42. The summed E-state index contributed by atoms with van der Waals surface area (Å²) in [6, 6.07) is 1.86. The number of aromatic nitrogens is 3. The first-order valence-electron chi connectivity index (χ1n) is 5.01. The number of rotatable bonds is 5. The van der Waals surface area contributed by atoms with Crippen LogP contribution < -0.4 is 0 Å². The number of aromatic amines is 1. The fourth-order valence-corrected chi connectivity index (χ4v) is 1.72. The highest BCUT2D eigenvalue weighted by Gasteiger charge is 2.06. The van der Waals surface area contributed by atoms with Gasteiger partial charge in [-0.25, -0.2) is 18.7 Å². The molecule has 0 spiro atoms. The Hall–Kier alpha value is -1.08. The summed E-state index contributed by atoms with van der Waals surface area (Å²) in [6.45, 7) is -0.324. The Morgan fingerprint density at radius 2 is 2.29 bits per heavy atom. The lowest BCUT2D eigenvalue weighted by molar-refractivity contribution is 0.0183. The Bertz CT molecular complexity index is 503. The van der Waals surface area contributed by atoms with Crippen molar-refractivity contribution in [2.75, 3.05) is 13.2 Å². The molecule has 0 bridgehead atoms. The highest BCUT2D eigenvalue weighted by atomic mass is 79.9. The van der Waals surface area contributed by atoms with Crippen LogP contribution in [-0.2, 0) is 11.2 Å². The molecule has 0 aliphatic heterocycles. The summed E-state index contributed by atoms with van der Waals surface area (Å²) in [5.74, 6) is 0.680. The number of H-pyrrole nitrogens is 1. The monoisotopic (exact) mass is 305 g/mol. The zero-order valence-electron chi connectivity index (χ0n) is 8.79. The van der Waals surface area contributed by atoms with Crippen LogP contribution in [0.4, 0.5) is 8.78 Å². The lowest BCUT2D eigenvalue weighted by Gasteiger charge is -2.00. The van der Waals surface area contributed by atoms with Crippen molar-refractivity contribution in [3.8, 4) is 0 Å². The molecule has 4 nitrogen and oxygen atoms in total. The normalized spacial score (nSPS) is 11.5. The Morgan fingerprint density at radius 3 is 3.06 bits per heavy atom. The number of nitrogens with zero attached hydrogens (tertiary/aromatic N) is 2. The number of hydrogen-bond acceptors (Lipinski definition) is 3. The van der Waals surface area contributed by atoms with Crippen LogP contribution in [0, 0.1) is 0 Å². The van der Waals surface area contributed by atoms with Gasteiger partial charge in [0.15, 0.2) is 5.65 Å². The van der Waals surface area contributed by atoms with Crippen LogP contribution >= 0.6 is 15.9 Å². The van der Waals surface area contributed by atoms with Crippen LogP contribution in [0.15, 0.2) is 16.7 Å². The van der Waals surface area contributed by atoms with Crippen molar-refractivity contribution in [2.45, 2.75) is 12.8 Å². The molecule has 2 heterocycles. The Balaban J connectivity index is 1.95. The fraction of sp³-hybridized carbons (Fsp3) is 0.400. The number of fused-ring (bicyclic) bond motifs is 1. The van der Waals surface area contributed by atoms with Crippen LogP contribution in [0.3, 0.4) is 0 Å². The summed E-state index contributed by atoms with van der Waals surface area (Å²) in [4.78, 5) is 11.4. The SMILES string of the molecule is FC(F)COCCc1nc2ncc(Br)cc2[nH]1. The number of pyridine rings is 1.